The van der Waals surface area contributed by atoms with E-state index in [0.29, 0.717) is 0 Å². The van der Waals surface area contributed by atoms with E-state index in [2.05, 4.69) is 9.98 Å². The van der Waals surface area contributed by atoms with Crippen molar-refractivity contribution in [2.75, 3.05) is 6.54 Å². The molecule has 1 aromatic heterocycles. The van der Waals surface area contributed by atoms with Crippen LogP contribution in [-0.4, -0.2) is 101 Å². The lowest BCUT2D eigenvalue weighted by atomic mass is 9.52. The van der Waals surface area contributed by atoms with E-state index in [9.17, 15) is 35.1 Å². The predicted octanol–water partition coefficient (Wildman–Crippen LogP) is -1.36. The van der Waals surface area contributed by atoms with Gasteiger partial charge in [0, 0.05) is 18.0 Å². The van der Waals surface area contributed by atoms with Crippen molar-refractivity contribution in [3.05, 3.63) is 24.0 Å². The molecule has 3 heterocycles. The number of nitrogens with zero attached hydrogens (tertiary/aromatic N) is 1. The maximum atomic E-state index is 13.4. The van der Waals surface area contributed by atoms with Crippen molar-refractivity contribution in [1.29, 1.82) is 0 Å². The molecule has 6 bridgehead atoms. The highest BCUT2D eigenvalue weighted by molar-refractivity contribution is 5.87. The molecule has 2 aliphatic heterocycles. The van der Waals surface area contributed by atoms with Crippen LogP contribution in [0.25, 0.3) is 0 Å². The number of H-pyrrole nitrogens is 1. The van der Waals surface area contributed by atoms with Gasteiger partial charge in [-0.3, -0.25) is 4.79 Å². The summed E-state index contributed by atoms with van der Waals surface area (Å²) in [5, 5.41) is 64.1. The molecule has 1 unspecified atom stereocenters. The van der Waals surface area contributed by atoms with Gasteiger partial charge in [-0.1, -0.05) is 27.7 Å². The number of rotatable bonds is 6. The number of aliphatic hydroxyl groups is 5. The SMILES string of the molecule is CC(C)[C@]1(O)[C@@H](OC(=O)c2ccc[nH]2)[C@@]2(O)[C@@]3(C)CC4(O)O[C@@]5([C@H](OC(=O)CN=C(N)N)[C@@H](C)CC[C@]35O)[C@@]2(O)[C@]41C. The van der Waals surface area contributed by atoms with Crippen LogP contribution in [0.1, 0.15) is 64.4 Å². The molecule has 14 heteroatoms. The number of aromatic amines is 1. The van der Waals surface area contributed by atoms with Crippen molar-refractivity contribution in [1.82, 2.24) is 4.98 Å². The molecule has 7 rings (SSSR count). The average Bonchev–Trinajstić information content (AvgIpc) is 3.53. The lowest BCUT2D eigenvalue weighted by Crippen LogP contribution is -2.76. The Bertz CT molecular complexity index is 1380. The van der Waals surface area contributed by atoms with Crippen LogP contribution in [0, 0.1) is 22.7 Å². The van der Waals surface area contributed by atoms with Gasteiger partial charge in [0.15, 0.2) is 23.5 Å². The van der Waals surface area contributed by atoms with E-state index in [-0.39, 0.29) is 24.5 Å². The van der Waals surface area contributed by atoms with Gasteiger partial charge in [-0.15, -0.1) is 0 Å². The van der Waals surface area contributed by atoms with Gasteiger partial charge in [-0.25, -0.2) is 9.79 Å². The molecule has 14 nitrogen and oxygen atoms in total. The summed E-state index contributed by atoms with van der Waals surface area (Å²) in [5.74, 6) is -5.97. The summed E-state index contributed by atoms with van der Waals surface area (Å²) in [5.41, 5.74) is -5.39. The third kappa shape index (κ3) is 2.52. The first-order valence-electron chi connectivity index (χ1n) is 14.2. The van der Waals surface area contributed by atoms with Gasteiger partial charge in [0.25, 0.3) is 0 Å². The molecule has 4 saturated carbocycles. The molecular weight excluding hydrogens is 552 g/mol. The zero-order valence-corrected chi connectivity index (χ0v) is 24.2. The minimum atomic E-state index is -2.72. The van der Waals surface area contributed by atoms with Crippen LogP contribution in [0.4, 0.5) is 0 Å². The molecule has 0 amide bonds. The van der Waals surface area contributed by atoms with Crippen LogP contribution in [0.3, 0.4) is 0 Å². The molecule has 0 radical (unpaired) electrons. The molecule has 4 aliphatic carbocycles. The fourth-order valence-electron chi connectivity index (χ4n) is 10.1. The largest absolute Gasteiger partial charge is 0.457 e. The number of nitrogens with two attached hydrogens (primary N) is 2. The van der Waals surface area contributed by atoms with E-state index >= 15 is 0 Å². The standard InChI is InChI=1S/C28H40N4O10/c1-13(2)25(37)19(41-18(34)15-7-6-10-31-15)26(38)21(4)12-24(36)22(25,5)28(26,39)27(42-24)17(14(3)8-9-23(21,27)35)40-16(33)11-32-20(29)30/h6-7,10,13-14,17,19,31,35-39H,8-9,11-12H2,1-5H3,(H4,29,30,32)/t14-,17+,19+,21-,22+,23-,24?,25-,26+,27+,28+/m0/s1. The van der Waals surface area contributed by atoms with E-state index in [1.165, 1.54) is 26.1 Å². The molecular formula is C28H40N4O10. The highest BCUT2D eigenvalue weighted by Crippen LogP contribution is 2.90. The lowest BCUT2D eigenvalue weighted by Gasteiger charge is -2.60. The van der Waals surface area contributed by atoms with Gasteiger partial charge in [0.1, 0.15) is 40.7 Å². The monoisotopic (exact) mass is 592 g/mol. The number of ether oxygens (including phenoxy) is 3. The van der Waals surface area contributed by atoms with Crippen LogP contribution in [0.15, 0.2) is 23.3 Å². The number of carbonyl (C=O) groups is 2. The first-order valence-corrected chi connectivity index (χ1v) is 14.2. The second-order valence-corrected chi connectivity index (χ2v) is 13.6. The van der Waals surface area contributed by atoms with Gasteiger partial charge in [0.2, 0.25) is 0 Å². The second-order valence-electron chi connectivity index (χ2n) is 13.6. The van der Waals surface area contributed by atoms with Crippen molar-refractivity contribution in [2.45, 2.75) is 99.9 Å². The van der Waals surface area contributed by atoms with Gasteiger partial charge in [-0.2, -0.15) is 0 Å². The van der Waals surface area contributed by atoms with E-state index in [1.807, 2.05) is 0 Å². The number of esters is 2. The van der Waals surface area contributed by atoms with Crippen molar-refractivity contribution >= 4 is 17.9 Å². The molecule has 0 aromatic carbocycles. The zero-order valence-electron chi connectivity index (χ0n) is 24.2. The highest BCUT2D eigenvalue weighted by atomic mass is 16.7. The van der Waals surface area contributed by atoms with E-state index in [4.69, 9.17) is 25.7 Å². The Morgan fingerprint density at radius 1 is 1.17 bits per heavy atom. The summed E-state index contributed by atoms with van der Waals surface area (Å²) in [7, 11) is 0. The minimum Gasteiger partial charge on any atom is -0.457 e. The molecule has 1 aromatic rings. The molecule has 42 heavy (non-hydrogen) atoms. The third-order valence-corrected chi connectivity index (χ3v) is 11.9. The Balaban J connectivity index is 1.62. The van der Waals surface area contributed by atoms with Gasteiger partial charge in [-0.05, 0) is 43.7 Å². The number of hydrogen-bond donors (Lipinski definition) is 8. The third-order valence-electron chi connectivity index (χ3n) is 11.9. The lowest BCUT2D eigenvalue weighted by molar-refractivity contribution is -0.390. The number of guanidine groups is 1. The van der Waals surface area contributed by atoms with Gasteiger partial charge >= 0.3 is 11.9 Å². The van der Waals surface area contributed by atoms with Gasteiger partial charge in [0.05, 0.1) is 5.41 Å². The summed E-state index contributed by atoms with van der Waals surface area (Å²) in [6, 6.07) is 3.01. The fraction of sp³-hybridized carbons (Fsp3) is 0.750. The highest BCUT2D eigenvalue weighted by Gasteiger charge is 3.10. The number of nitrogens with one attached hydrogen (secondary N) is 1. The van der Waals surface area contributed by atoms with Crippen molar-refractivity contribution in [2.24, 2.45) is 39.1 Å². The maximum Gasteiger partial charge on any atom is 0.355 e. The Hall–Kier alpha value is -2.75. The molecule has 6 fully saturated rings. The Labute approximate surface area is 242 Å². The normalized spacial score (nSPS) is 51.5. The number of aliphatic imine (C=N–C) groups is 1. The quantitative estimate of drug-likeness (QED) is 0.108. The Morgan fingerprint density at radius 3 is 2.40 bits per heavy atom. The Morgan fingerprint density at radius 2 is 1.83 bits per heavy atom. The van der Waals surface area contributed by atoms with Crippen LogP contribution in [-0.2, 0) is 19.0 Å². The molecule has 6 aliphatic rings. The van der Waals surface area contributed by atoms with Crippen molar-refractivity contribution < 1.29 is 49.3 Å². The predicted molar refractivity (Wildman–Crippen MR) is 143 cm³/mol. The molecule has 2 saturated heterocycles. The topological polar surface area (TPSA) is 243 Å². The van der Waals surface area contributed by atoms with Crippen LogP contribution < -0.4 is 11.5 Å². The first kappa shape index (κ1) is 29.3. The maximum absolute atomic E-state index is 13.4. The number of aromatic nitrogens is 1. The molecule has 11 atom stereocenters. The summed E-state index contributed by atoms with van der Waals surface area (Å²) in [6.45, 7) is 7.18. The fourth-order valence-corrected chi connectivity index (χ4v) is 10.1. The van der Waals surface area contributed by atoms with E-state index in [1.54, 1.807) is 26.8 Å². The smallest absolute Gasteiger partial charge is 0.355 e. The number of carbonyl (C=O) groups excluding carboxylic acids is 2. The van der Waals surface area contributed by atoms with E-state index < -0.39 is 93.6 Å². The Kier molecular flexibility index (Phi) is 5.61. The van der Waals surface area contributed by atoms with Crippen LogP contribution in [0.2, 0.25) is 0 Å². The zero-order chi connectivity index (χ0) is 31.1. The van der Waals surface area contributed by atoms with Crippen molar-refractivity contribution in [3.63, 3.8) is 0 Å². The average molecular weight is 593 g/mol. The summed E-state index contributed by atoms with van der Waals surface area (Å²) < 4.78 is 18.2. The summed E-state index contributed by atoms with van der Waals surface area (Å²) in [6.07, 6.45) is -1.99. The second kappa shape index (κ2) is 8.04. The number of hydrogen-bond acceptors (Lipinski definition) is 11. The summed E-state index contributed by atoms with van der Waals surface area (Å²) in [4.78, 5) is 32.8. The van der Waals surface area contributed by atoms with E-state index in [0.717, 1.165) is 0 Å². The van der Waals surface area contributed by atoms with Crippen LogP contribution >= 0.6 is 0 Å². The summed E-state index contributed by atoms with van der Waals surface area (Å²) >= 11 is 0. The van der Waals surface area contributed by atoms with Crippen LogP contribution in [0.5, 0.6) is 0 Å². The first-order chi connectivity index (χ1) is 19.3. The molecule has 10 N–H and O–H groups in total. The minimum absolute atomic E-state index is 0.0235. The molecule has 232 valence electrons. The van der Waals surface area contributed by atoms with Gasteiger partial charge < -0.3 is 56.2 Å². The molecule has 1 spiro atoms. The van der Waals surface area contributed by atoms with Crippen molar-refractivity contribution in [3.8, 4) is 0 Å².